The van der Waals surface area contributed by atoms with Crippen molar-refractivity contribution in [3.63, 3.8) is 0 Å². The molecule has 2 rings (SSSR count). The first kappa shape index (κ1) is 19.3. The van der Waals surface area contributed by atoms with Gasteiger partial charge in [-0.25, -0.2) is 0 Å². The minimum absolute atomic E-state index is 0.523. The summed E-state index contributed by atoms with van der Waals surface area (Å²) in [5.41, 5.74) is 5.14. The summed E-state index contributed by atoms with van der Waals surface area (Å²) in [5.74, 6) is 1.05. The van der Waals surface area contributed by atoms with Gasteiger partial charge >= 0.3 is 0 Å². The van der Waals surface area contributed by atoms with Crippen LogP contribution < -0.4 is 10.6 Å². The Hall–Kier alpha value is -2.00. The average molecular weight is 341 g/mol. The summed E-state index contributed by atoms with van der Waals surface area (Å²) in [6, 6.07) is 17.0. The molecule has 0 aliphatic carbocycles. The topological polar surface area (TPSA) is 33.3 Å². The standard InChI is InChI=1S/C22H32N2O/c1-17(2)19-9-5-7-11-21(19)23-13-15-25-16-14-24-22-12-8-6-10-20(22)18(3)4/h5-12,17-18,23-24H,13-16H2,1-4H3. The van der Waals surface area contributed by atoms with Crippen LogP contribution >= 0.6 is 0 Å². The van der Waals surface area contributed by atoms with E-state index in [1.54, 1.807) is 0 Å². The van der Waals surface area contributed by atoms with E-state index < -0.39 is 0 Å². The van der Waals surface area contributed by atoms with E-state index in [4.69, 9.17) is 4.74 Å². The normalized spacial score (nSPS) is 11.1. The monoisotopic (exact) mass is 340 g/mol. The highest BCUT2D eigenvalue weighted by molar-refractivity contribution is 5.53. The summed E-state index contributed by atoms with van der Waals surface area (Å²) in [5, 5.41) is 6.96. The average Bonchev–Trinajstić information content (AvgIpc) is 2.61. The molecule has 25 heavy (non-hydrogen) atoms. The predicted molar refractivity (Wildman–Crippen MR) is 109 cm³/mol. The van der Waals surface area contributed by atoms with Gasteiger partial charge in [-0.1, -0.05) is 64.1 Å². The minimum atomic E-state index is 0.523. The Morgan fingerprint density at radius 1 is 0.680 bits per heavy atom. The minimum Gasteiger partial charge on any atom is -0.382 e. The van der Waals surface area contributed by atoms with E-state index in [2.05, 4.69) is 86.9 Å². The molecule has 0 saturated carbocycles. The molecule has 0 bridgehead atoms. The lowest BCUT2D eigenvalue weighted by molar-refractivity contribution is 0.154. The fourth-order valence-electron chi connectivity index (χ4n) is 2.94. The van der Waals surface area contributed by atoms with E-state index in [0.717, 1.165) is 13.1 Å². The van der Waals surface area contributed by atoms with Crippen molar-refractivity contribution in [3.05, 3.63) is 59.7 Å². The highest BCUT2D eigenvalue weighted by Crippen LogP contribution is 2.24. The van der Waals surface area contributed by atoms with Gasteiger partial charge in [-0.05, 0) is 35.1 Å². The van der Waals surface area contributed by atoms with Crippen LogP contribution in [0.15, 0.2) is 48.5 Å². The van der Waals surface area contributed by atoms with Crippen molar-refractivity contribution in [2.75, 3.05) is 36.9 Å². The summed E-state index contributed by atoms with van der Waals surface area (Å²) in [7, 11) is 0. The predicted octanol–water partition coefficient (Wildman–Crippen LogP) is 5.47. The quantitative estimate of drug-likeness (QED) is 0.562. The number of para-hydroxylation sites is 2. The summed E-state index contributed by atoms with van der Waals surface area (Å²) in [4.78, 5) is 0. The molecule has 0 aromatic heterocycles. The largest absolute Gasteiger partial charge is 0.382 e. The number of nitrogens with one attached hydrogen (secondary N) is 2. The number of hydrogen-bond acceptors (Lipinski definition) is 3. The number of anilines is 2. The fraction of sp³-hybridized carbons (Fsp3) is 0.455. The first-order chi connectivity index (χ1) is 12.1. The van der Waals surface area contributed by atoms with Crippen LogP contribution in [-0.4, -0.2) is 26.3 Å². The molecule has 0 unspecified atom stereocenters. The van der Waals surface area contributed by atoms with Gasteiger partial charge in [0.2, 0.25) is 0 Å². The fourth-order valence-corrected chi connectivity index (χ4v) is 2.94. The molecule has 0 amide bonds. The molecular formula is C22H32N2O. The molecule has 0 heterocycles. The van der Waals surface area contributed by atoms with Gasteiger partial charge in [0.05, 0.1) is 13.2 Å². The molecule has 2 aromatic carbocycles. The molecule has 2 N–H and O–H groups in total. The summed E-state index contributed by atoms with van der Waals surface area (Å²) >= 11 is 0. The Kier molecular flexibility index (Phi) is 7.80. The van der Waals surface area contributed by atoms with Crippen molar-refractivity contribution >= 4 is 11.4 Å². The van der Waals surface area contributed by atoms with Crippen LogP contribution in [0.4, 0.5) is 11.4 Å². The zero-order chi connectivity index (χ0) is 18.1. The van der Waals surface area contributed by atoms with Gasteiger partial charge in [-0.2, -0.15) is 0 Å². The van der Waals surface area contributed by atoms with E-state index in [0.29, 0.717) is 25.0 Å². The maximum Gasteiger partial charge on any atom is 0.0639 e. The van der Waals surface area contributed by atoms with Gasteiger partial charge in [0.15, 0.2) is 0 Å². The van der Waals surface area contributed by atoms with Gasteiger partial charge in [-0.15, -0.1) is 0 Å². The number of hydrogen-bond donors (Lipinski definition) is 2. The summed E-state index contributed by atoms with van der Waals surface area (Å²) in [6.45, 7) is 11.9. The van der Waals surface area contributed by atoms with E-state index in [1.807, 2.05) is 0 Å². The van der Waals surface area contributed by atoms with Crippen LogP contribution in [0.2, 0.25) is 0 Å². The van der Waals surface area contributed by atoms with Crippen LogP contribution in [0.1, 0.15) is 50.7 Å². The Morgan fingerprint density at radius 3 is 1.48 bits per heavy atom. The molecule has 2 aromatic rings. The molecular weight excluding hydrogens is 308 g/mol. The van der Waals surface area contributed by atoms with Gasteiger partial charge in [0.25, 0.3) is 0 Å². The lowest BCUT2D eigenvalue weighted by Gasteiger charge is -2.15. The highest BCUT2D eigenvalue weighted by Gasteiger charge is 2.05. The molecule has 0 fully saturated rings. The zero-order valence-electron chi connectivity index (χ0n) is 16.0. The highest BCUT2D eigenvalue weighted by atomic mass is 16.5. The van der Waals surface area contributed by atoms with E-state index in [9.17, 15) is 0 Å². The Morgan fingerprint density at radius 2 is 1.08 bits per heavy atom. The molecule has 0 radical (unpaired) electrons. The van der Waals surface area contributed by atoms with E-state index in [-0.39, 0.29) is 0 Å². The second kappa shape index (κ2) is 10.1. The van der Waals surface area contributed by atoms with Crippen LogP contribution in [0.3, 0.4) is 0 Å². The third-order valence-corrected chi connectivity index (χ3v) is 4.29. The Balaban J connectivity index is 1.66. The Labute approximate surface area is 152 Å². The molecule has 0 aliphatic rings. The maximum atomic E-state index is 5.75. The van der Waals surface area contributed by atoms with Crippen molar-refractivity contribution < 1.29 is 4.74 Å². The third kappa shape index (κ3) is 6.09. The van der Waals surface area contributed by atoms with Crippen LogP contribution in [0.25, 0.3) is 0 Å². The van der Waals surface area contributed by atoms with Crippen LogP contribution in [0.5, 0.6) is 0 Å². The lowest BCUT2D eigenvalue weighted by Crippen LogP contribution is -2.16. The van der Waals surface area contributed by atoms with Gasteiger partial charge in [0, 0.05) is 24.5 Å². The van der Waals surface area contributed by atoms with Crippen molar-refractivity contribution in [1.82, 2.24) is 0 Å². The van der Waals surface area contributed by atoms with Crippen molar-refractivity contribution in [3.8, 4) is 0 Å². The molecule has 3 nitrogen and oxygen atoms in total. The van der Waals surface area contributed by atoms with Gasteiger partial charge in [0.1, 0.15) is 0 Å². The molecule has 0 atom stereocenters. The van der Waals surface area contributed by atoms with Crippen molar-refractivity contribution in [2.45, 2.75) is 39.5 Å². The number of ether oxygens (including phenoxy) is 1. The van der Waals surface area contributed by atoms with Crippen LogP contribution in [-0.2, 0) is 4.74 Å². The second-order valence-corrected chi connectivity index (χ2v) is 6.95. The van der Waals surface area contributed by atoms with Gasteiger partial charge in [-0.3, -0.25) is 0 Å². The first-order valence-electron chi connectivity index (χ1n) is 9.33. The molecule has 0 saturated heterocycles. The van der Waals surface area contributed by atoms with Gasteiger partial charge < -0.3 is 15.4 Å². The first-order valence-corrected chi connectivity index (χ1v) is 9.33. The smallest absolute Gasteiger partial charge is 0.0639 e. The van der Waals surface area contributed by atoms with E-state index in [1.165, 1.54) is 22.5 Å². The second-order valence-electron chi connectivity index (χ2n) is 6.95. The van der Waals surface area contributed by atoms with E-state index >= 15 is 0 Å². The van der Waals surface area contributed by atoms with Crippen molar-refractivity contribution in [2.24, 2.45) is 0 Å². The number of rotatable bonds is 10. The summed E-state index contributed by atoms with van der Waals surface area (Å²) < 4.78 is 5.75. The molecule has 136 valence electrons. The summed E-state index contributed by atoms with van der Waals surface area (Å²) in [6.07, 6.45) is 0. The lowest BCUT2D eigenvalue weighted by atomic mass is 10.0. The van der Waals surface area contributed by atoms with Crippen molar-refractivity contribution in [1.29, 1.82) is 0 Å². The molecule has 0 spiro atoms. The van der Waals surface area contributed by atoms with Crippen LogP contribution in [0, 0.1) is 0 Å². The SMILES string of the molecule is CC(C)c1ccccc1NCCOCCNc1ccccc1C(C)C. The molecule has 0 aliphatic heterocycles. The molecule has 3 heteroatoms. The Bertz CT molecular complexity index is 582. The number of benzene rings is 2. The maximum absolute atomic E-state index is 5.75. The zero-order valence-corrected chi connectivity index (χ0v) is 16.0. The third-order valence-electron chi connectivity index (χ3n) is 4.29.